The minimum atomic E-state index is -0.603. The van der Waals surface area contributed by atoms with Crippen molar-refractivity contribution in [2.45, 2.75) is 70.3 Å². The highest BCUT2D eigenvalue weighted by atomic mass is 16.5. The van der Waals surface area contributed by atoms with Gasteiger partial charge in [-0.15, -0.1) is 0 Å². The summed E-state index contributed by atoms with van der Waals surface area (Å²) in [5.74, 6) is 2.28. The highest BCUT2D eigenvalue weighted by molar-refractivity contribution is 4.96. The molecule has 0 atom stereocenters. The molecule has 1 aliphatic carbocycles. The van der Waals surface area contributed by atoms with E-state index in [2.05, 4.69) is 22.0 Å². The molecule has 124 valence electrons. The summed E-state index contributed by atoms with van der Waals surface area (Å²) in [6.07, 6.45) is 9.04. The Morgan fingerprint density at radius 3 is 2.73 bits per heavy atom. The highest BCUT2D eigenvalue weighted by Crippen LogP contribution is 2.32. The van der Waals surface area contributed by atoms with E-state index in [9.17, 15) is 5.11 Å². The number of piperidine rings is 1. The first-order chi connectivity index (χ1) is 10.6. The predicted molar refractivity (Wildman–Crippen MR) is 84.6 cm³/mol. The van der Waals surface area contributed by atoms with Crippen molar-refractivity contribution in [3.05, 3.63) is 11.7 Å². The minimum Gasteiger partial charge on any atom is -0.389 e. The number of hydrogen-bond acceptors (Lipinski definition) is 5. The van der Waals surface area contributed by atoms with Crippen molar-refractivity contribution in [1.29, 1.82) is 0 Å². The van der Waals surface area contributed by atoms with E-state index in [-0.39, 0.29) is 0 Å². The molecule has 0 bridgehead atoms. The molecule has 5 nitrogen and oxygen atoms in total. The summed E-state index contributed by atoms with van der Waals surface area (Å²) in [4.78, 5) is 7.00. The molecule has 2 aliphatic rings. The molecule has 2 fully saturated rings. The summed E-state index contributed by atoms with van der Waals surface area (Å²) in [6.45, 7) is 5.92. The number of aryl methyl sites for hydroxylation is 1. The fraction of sp³-hybridized carbons (Fsp3) is 0.882. The predicted octanol–water partition coefficient (Wildman–Crippen LogP) is 2.58. The van der Waals surface area contributed by atoms with E-state index in [1.165, 1.54) is 25.9 Å². The molecule has 0 unspecified atom stereocenters. The summed E-state index contributed by atoms with van der Waals surface area (Å²) in [6, 6.07) is 0. The molecule has 0 radical (unpaired) electrons. The zero-order chi connectivity index (χ0) is 15.4. The minimum absolute atomic E-state index is 0.518. The van der Waals surface area contributed by atoms with Gasteiger partial charge in [-0.25, -0.2) is 0 Å². The van der Waals surface area contributed by atoms with Gasteiger partial charge in [-0.3, -0.25) is 0 Å². The third kappa shape index (κ3) is 4.29. The first-order valence-corrected chi connectivity index (χ1v) is 8.89. The maximum Gasteiger partial charge on any atom is 0.229 e. The maximum absolute atomic E-state index is 10.4. The van der Waals surface area contributed by atoms with E-state index in [1.54, 1.807) is 0 Å². The van der Waals surface area contributed by atoms with Gasteiger partial charge in [-0.1, -0.05) is 24.9 Å². The van der Waals surface area contributed by atoms with Crippen LogP contribution in [0.5, 0.6) is 0 Å². The molecule has 2 heterocycles. The third-order valence-electron chi connectivity index (χ3n) is 5.28. The van der Waals surface area contributed by atoms with Crippen LogP contribution in [0, 0.1) is 5.92 Å². The topological polar surface area (TPSA) is 62.4 Å². The molecule has 3 rings (SSSR count). The van der Waals surface area contributed by atoms with E-state index in [0.717, 1.165) is 56.8 Å². The Hall–Kier alpha value is -0.940. The van der Waals surface area contributed by atoms with Crippen LogP contribution in [0.4, 0.5) is 0 Å². The van der Waals surface area contributed by atoms with Gasteiger partial charge in [0.2, 0.25) is 5.89 Å². The molecular weight excluding hydrogens is 278 g/mol. The molecule has 0 amide bonds. The fourth-order valence-electron chi connectivity index (χ4n) is 3.70. The summed E-state index contributed by atoms with van der Waals surface area (Å²) in [5, 5.41) is 14.5. The monoisotopic (exact) mass is 307 g/mol. The number of hydrogen-bond donors (Lipinski definition) is 1. The molecule has 1 aromatic heterocycles. The third-order valence-corrected chi connectivity index (χ3v) is 5.28. The fourth-order valence-corrected chi connectivity index (χ4v) is 3.70. The summed E-state index contributed by atoms with van der Waals surface area (Å²) < 4.78 is 5.31. The Morgan fingerprint density at radius 1 is 1.27 bits per heavy atom. The number of rotatable bonds is 6. The van der Waals surface area contributed by atoms with E-state index >= 15 is 0 Å². The Labute approximate surface area is 133 Å². The maximum atomic E-state index is 10.4. The number of likely N-dealkylation sites (tertiary alicyclic amines) is 1. The van der Waals surface area contributed by atoms with E-state index < -0.39 is 5.60 Å². The van der Waals surface area contributed by atoms with E-state index in [1.807, 2.05) is 0 Å². The molecule has 1 saturated carbocycles. The zero-order valence-electron chi connectivity index (χ0n) is 13.8. The Kier molecular flexibility index (Phi) is 5.14. The Morgan fingerprint density at radius 2 is 2.00 bits per heavy atom. The Bertz CT molecular complexity index is 460. The van der Waals surface area contributed by atoms with Crippen molar-refractivity contribution < 1.29 is 9.63 Å². The van der Waals surface area contributed by atoms with Gasteiger partial charge in [0.1, 0.15) is 0 Å². The highest BCUT2D eigenvalue weighted by Gasteiger charge is 2.33. The first kappa shape index (κ1) is 15.9. The smallest absolute Gasteiger partial charge is 0.229 e. The number of aromatic nitrogens is 2. The van der Waals surface area contributed by atoms with Gasteiger partial charge >= 0.3 is 0 Å². The number of aliphatic hydroxyl groups is 1. The lowest BCUT2D eigenvalue weighted by molar-refractivity contribution is 0.0402. The lowest BCUT2D eigenvalue weighted by Crippen LogP contribution is -2.33. The molecular formula is C17H29N3O2. The van der Waals surface area contributed by atoms with Crippen molar-refractivity contribution in [3.8, 4) is 0 Å². The van der Waals surface area contributed by atoms with Crippen molar-refractivity contribution in [2.75, 3.05) is 19.6 Å². The quantitative estimate of drug-likeness (QED) is 0.875. The van der Waals surface area contributed by atoms with Crippen LogP contribution in [0.2, 0.25) is 0 Å². The molecule has 1 saturated heterocycles. The molecule has 0 aromatic carbocycles. The van der Waals surface area contributed by atoms with Crippen LogP contribution in [0.25, 0.3) is 0 Å². The van der Waals surface area contributed by atoms with Gasteiger partial charge in [0.05, 0.1) is 12.0 Å². The van der Waals surface area contributed by atoms with Crippen LogP contribution in [0.3, 0.4) is 0 Å². The van der Waals surface area contributed by atoms with Gasteiger partial charge in [-0.05, 0) is 57.7 Å². The average Bonchev–Trinajstić information content (AvgIpc) is 3.11. The second-order valence-corrected chi connectivity index (χ2v) is 7.34. The van der Waals surface area contributed by atoms with Gasteiger partial charge in [0, 0.05) is 6.42 Å². The van der Waals surface area contributed by atoms with Crippen LogP contribution in [0.15, 0.2) is 4.52 Å². The molecule has 1 aromatic rings. The van der Waals surface area contributed by atoms with E-state index in [4.69, 9.17) is 4.52 Å². The van der Waals surface area contributed by atoms with Crippen molar-refractivity contribution in [3.63, 3.8) is 0 Å². The lowest BCUT2D eigenvalue weighted by atomic mass is 9.98. The Balaban J connectivity index is 1.40. The van der Waals surface area contributed by atoms with Crippen LogP contribution in [0.1, 0.15) is 63.6 Å². The molecule has 22 heavy (non-hydrogen) atoms. The standard InChI is InChI=1S/C17H29N3O2/c1-14-6-11-20(12-7-14)10-4-5-15-18-16(22-19-15)13-17(21)8-2-3-9-17/h14,21H,2-13H2,1H3. The average molecular weight is 307 g/mol. The molecule has 1 N–H and O–H groups in total. The SMILES string of the molecule is CC1CCN(CCCc2noc(CC3(O)CCCC3)n2)CC1. The lowest BCUT2D eigenvalue weighted by Gasteiger charge is -2.29. The summed E-state index contributed by atoms with van der Waals surface area (Å²) in [5.41, 5.74) is -0.603. The largest absolute Gasteiger partial charge is 0.389 e. The molecule has 1 aliphatic heterocycles. The molecule has 0 spiro atoms. The van der Waals surface area contributed by atoms with Gasteiger partial charge in [0.25, 0.3) is 0 Å². The molecule has 5 heteroatoms. The second kappa shape index (κ2) is 7.09. The first-order valence-electron chi connectivity index (χ1n) is 8.89. The van der Waals surface area contributed by atoms with Crippen LogP contribution in [-0.4, -0.2) is 45.4 Å². The van der Waals surface area contributed by atoms with Crippen molar-refractivity contribution in [2.24, 2.45) is 5.92 Å². The summed E-state index contributed by atoms with van der Waals surface area (Å²) >= 11 is 0. The second-order valence-electron chi connectivity index (χ2n) is 7.34. The number of nitrogens with zero attached hydrogens (tertiary/aromatic N) is 3. The van der Waals surface area contributed by atoms with E-state index in [0.29, 0.717) is 12.3 Å². The zero-order valence-corrected chi connectivity index (χ0v) is 13.8. The van der Waals surface area contributed by atoms with Crippen molar-refractivity contribution in [1.82, 2.24) is 15.0 Å². The summed E-state index contributed by atoms with van der Waals surface area (Å²) in [7, 11) is 0. The van der Waals surface area contributed by atoms with Crippen LogP contribution in [-0.2, 0) is 12.8 Å². The van der Waals surface area contributed by atoms with Gasteiger partial charge in [-0.2, -0.15) is 4.98 Å². The van der Waals surface area contributed by atoms with Gasteiger partial charge < -0.3 is 14.5 Å². The van der Waals surface area contributed by atoms with Crippen LogP contribution < -0.4 is 0 Å². The van der Waals surface area contributed by atoms with Crippen molar-refractivity contribution >= 4 is 0 Å². The van der Waals surface area contributed by atoms with Gasteiger partial charge in [0.15, 0.2) is 5.82 Å². The normalized spacial score (nSPS) is 23.2. The van der Waals surface area contributed by atoms with Crippen LogP contribution >= 0.6 is 0 Å².